The molecule has 5 heteroatoms. The van der Waals surface area contributed by atoms with E-state index in [-0.39, 0.29) is 4.75 Å². The molecule has 0 aliphatic carbocycles. The predicted octanol–water partition coefficient (Wildman–Crippen LogP) is 3.31. The summed E-state index contributed by atoms with van der Waals surface area (Å²) in [4.78, 5) is 4.05. The third-order valence-corrected chi connectivity index (χ3v) is 4.06. The zero-order valence-electron chi connectivity index (χ0n) is 10.7. The molecule has 1 unspecified atom stereocenters. The van der Waals surface area contributed by atoms with E-state index < -0.39 is 11.0 Å². The van der Waals surface area contributed by atoms with Crippen molar-refractivity contribution in [1.82, 2.24) is 4.98 Å². The fourth-order valence-electron chi connectivity index (χ4n) is 1.07. The van der Waals surface area contributed by atoms with Crippen molar-refractivity contribution in [2.75, 3.05) is 0 Å². The number of pyridine rings is 1. The molecule has 0 N–H and O–H groups in total. The lowest BCUT2D eigenvalue weighted by molar-refractivity contribution is 0.650. The summed E-state index contributed by atoms with van der Waals surface area (Å²) < 4.78 is 15.7. The van der Waals surface area contributed by atoms with Gasteiger partial charge in [-0.1, -0.05) is 11.6 Å². The van der Waals surface area contributed by atoms with Crippen LogP contribution in [0.2, 0.25) is 5.15 Å². The van der Waals surface area contributed by atoms with Gasteiger partial charge in [-0.25, -0.2) is 9.19 Å². The van der Waals surface area contributed by atoms with Crippen LogP contribution in [0.1, 0.15) is 38.8 Å². The van der Waals surface area contributed by atoms with Crippen LogP contribution in [0.4, 0.5) is 0 Å². The van der Waals surface area contributed by atoms with Crippen molar-refractivity contribution in [3.05, 3.63) is 28.5 Å². The van der Waals surface area contributed by atoms with Crippen LogP contribution in [0.15, 0.2) is 16.7 Å². The largest absolute Gasteiger partial charge is 0.244 e. The van der Waals surface area contributed by atoms with Crippen molar-refractivity contribution < 1.29 is 4.21 Å². The van der Waals surface area contributed by atoms with Crippen LogP contribution < -0.4 is 0 Å². The highest BCUT2D eigenvalue weighted by Gasteiger charge is 2.19. The average Bonchev–Trinajstić information content (AvgIpc) is 2.20. The lowest BCUT2D eigenvalue weighted by atomic mass is 10.1. The van der Waals surface area contributed by atoms with E-state index in [2.05, 4.69) is 9.38 Å². The van der Waals surface area contributed by atoms with E-state index >= 15 is 0 Å². The second-order valence-electron chi connectivity index (χ2n) is 4.87. The standard InChI is InChI=1S/C12H17ClN2OS/c1-8-6-10(7-14-11(8)13)9(2)15-17(16)12(3,4)5/h6-7H,1-5H3/b15-9+. The van der Waals surface area contributed by atoms with Gasteiger partial charge in [0.05, 0.1) is 10.5 Å². The van der Waals surface area contributed by atoms with E-state index in [0.717, 1.165) is 11.1 Å². The maximum atomic E-state index is 11.9. The van der Waals surface area contributed by atoms with Gasteiger partial charge in [0, 0.05) is 11.8 Å². The molecule has 0 saturated carbocycles. The van der Waals surface area contributed by atoms with Crippen LogP contribution in [0, 0.1) is 6.92 Å². The summed E-state index contributed by atoms with van der Waals surface area (Å²) in [6, 6.07) is 1.90. The Hall–Kier alpha value is -0.740. The van der Waals surface area contributed by atoms with Crippen molar-refractivity contribution in [3.8, 4) is 0 Å². The summed E-state index contributed by atoms with van der Waals surface area (Å²) in [5.41, 5.74) is 2.45. The molecular formula is C12H17ClN2OS. The molecule has 0 amide bonds. The first-order valence-electron chi connectivity index (χ1n) is 5.31. The first kappa shape index (κ1) is 14.3. The molecular weight excluding hydrogens is 256 g/mol. The van der Waals surface area contributed by atoms with Crippen molar-refractivity contribution in [2.45, 2.75) is 39.4 Å². The van der Waals surface area contributed by atoms with Gasteiger partial charge >= 0.3 is 0 Å². The highest BCUT2D eigenvalue weighted by Crippen LogP contribution is 2.16. The van der Waals surface area contributed by atoms with E-state index in [0.29, 0.717) is 10.9 Å². The second-order valence-corrected chi connectivity index (χ2v) is 7.13. The van der Waals surface area contributed by atoms with Crippen LogP contribution in [0.25, 0.3) is 0 Å². The van der Waals surface area contributed by atoms with Crippen molar-refractivity contribution in [3.63, 3.8) is 0 Å². The van der Waals surface area contributed by atoms with E-state index in [1.165, 1.54) is 0 Å². The van der Waals surface area contributed by atoms with Crippen molar-refractivity contribution in [2.24, 2.45) is 4.40 Å². The average molecular weight is 273 g/mol. The summed E-state index contributed by atoms with van der Waals surface area (Å²) in [6.07, 6.45) is 1.65. The number of halogens is 1. The first-order valence-corrected chi connectivity index (χ1v) is 6.80. The Morgan fingerprint density at radius 2 is 2.06 bits per heavy atom. The molecule has 1 aromatic rings. The Balaban J connectivity index is 3.04. The Kier molecular flexibility index (Phi) is 4.44. The fourth-order valence-corrected chi connectivity index (χ4v) is 1.80. The first-order chi connectivity index (χ1) is 7.71. The Labute approximate surface area is 110 Å². The van der Waals surface area contributed by atoms with Gasteiger partial charge in [-0.2, -0.15) is 4.40 Å². The van der Waals surface area contributed by atoms with Crippen LogP contribution in [0.3, 0.4) is 0 Å². The van der Waals surface area contributed by atoms with Gasteiger partial charge in [-0.05, 0) is 46.2 Å². The van der Waals surface area contributed by atoms with Gasteiger partial charge in [0.15, 0.2) is 0 Å². The number of aromatic nitrogens is 1. The molecule has 0 spiro atoms. The second kappa shape index (κ2) is 5.27. The number of hydrogen-bond donors (Lipinski definition) is 0. The monoisotopic (exact) mass is 272 g/mol. The highest BCUT2D eigenvalue weighted by atomic mass is 35.5. The molecule has 0 aromatic carbocycles. The minimum atomic E-state index is -1.25. The minimum Gasteiger partial charge on any atom is -0.244 e. The molecule has 1 aromatic heterocycles. The third-order valence-electron chi connectivity index (χ3n) is 2.18. The molecule has 1 atom stereocenters. The quantitative estimate of drug-likeness (QED) is 0.612. The van der Waals surface area contributed by atoms with Crippen LogP contribution in [0.5, 0.6) is 0 Å². The Bertz CT molecular complexity index is 478. The van der Waals surface area contributed by atoms with E-state index in [1.54, 1.807) is 6.20 Å². The van der Waals surface area contributed by atoms with Crippen LogP contribution in [-0.4, -0.2) is 19.7 Å². The molecule has 0 aliphatic heterocycles. The molecule has 0 radical (unpaired) electrons. The minimum absolute atomic E-state index is 0.351. The maximum absolute atomic E-state index is 11.9. The zero-order valence-corrected chi connectivity index (χ0v) is 12.3. The summed E-state index contributed by atoms with van der Waals surface area (Å²) in [5, 5.41) is 0.485. The molecule has 3 nitrogen and oxygen atoms in total. The van der Waals surface area contributed by atoms with Gasteiger partial charge in [0.1, 0.15) is 16.1 Å². The molecule has 17 heavy (non-hydrogen) atoms. The summed E-state index contributed by atoms with van der Waals surface area (Å²) in [7, 11) is -1.25. The van der Waals surface area contributed by atoms with E-state index in [4.69, 9.17) is 11.6 Å². The smallest absolute Gasteiger partial charge is 0.145 e. The zero-order chi connectivity index (χ0) is 13.2. The molecule has 1 heterocycles. The summed E-state index contributed by atoms with van der Waals surface area (Å²) in [5.74, 6) is 0. The van der Waals surface area contributed by atoms with E-state index in [1.807, 2.05) is 40.7 Å². The number of hydrogen-bond acceptors (Lipinski definition) is 2. The topological polar surface area (TPSA) is 42.3 Å². The molecule has 0 fully saturated rings. The molecule has 94 valence electrons. The number of nitrogens with zero attached hydrogens (tertiary/aromatic N) is 2. The van der Waals surface area contributed by atoms with Gasteiger partial charge in [-0.15, -0.1) is 0 Å². The number of aryl methyl sites for hydroxylation is 1. The summed E-state index contributed by atoms with van der Waals surface area (Å²) in [6.45, 7) is 9.39. The van der Waals surface area contributed by atoms with Gasteiger partial charge in [0.25, 0.3) is 0 Å². The SMILES string of the molecule is C/C(=N\S(=O)C(C)(C)C)c1cnc(Cl)c(C)c1. The molecule has 0 bridgehead atoms. The molecule has 0 aliphatic rings. The Morgan fingerprint density at radius 3 is 2.53 bits per heavy atom. The molecule has 1 rings (SSSR count). The van der Waals surface area contributed by atoms with Crippen molar-refractivity contribution in [1.29, 1.82) is 0 Å². The lowest BCUT2D eigenvalue weighted by Crippen LogP contribution is -2.20. The third kappa shape index (κ3) is 3.89. The normalized spacial score (nSPS) is 14.8. The Morgan fingerprint density at radius 1 is 1.47 bits per heavy atom. The van der Waals surface area contributed by atoms with Gasteiger partial charge < -0.3 is 0 Å². The van der Waals surface area contributed by atoms with Gasteiger partial charge in [0.2, 0.25) is 0 Å². The highest BCUT2D eigenvalue weighted by molar-refractivity contribution is 7.85. The van der Waals surface area contributed by atoms with E-state index in [9.17, 15) is 4.21 Å². The molecule has 0 saturated heterocycles. The van der Waals surface area contributed by atoms with Crippen LogP contribution in [-0.2, 0) is 11.0 Å². The summed E-state index contributed by atoms with van der Waals surface area (Å²) >= 11 is 5.85. The van der Waals surface area contributed by atoms with Gasteiger partial charge in [-0.3, -0.25) is 0 Å². The predicted molar refractivity (Wildman–Crippen MR) is 74.1 cm³/mol. The maximum Gasteiger partial charge on any atom is 0.145 e. The fraction of sp³-hybridized carbons (Fsp3) is 0.500. The lowest BCUT2D eigenvalue weighted by Gasteiger charge is -2.14. The van der Waals surface area contributed by atoms with Crippen molar-refractivity contribution >= 4 is 28.3 Å². The number of rotatable bonds is 2. The van der Waals surface area contributed by atoms with Crippen LogP contribution >= 0.6 is 11.6 Å².